The van der Waals surface area contributed by atoms with E-state index in [0.717, 1.165) is 11.3 Å². The highest BCUT2D eigenvalue weighted by molar-refractivity contribution is 7.09. The highest BCUT2D eigenvalue weighted by Gasteiger charge is 2.23. The van der Waals surface area contributed by atoms with Crippen molar-refractivity contribution < 1.29 is 14.6 Å². The molecule has 1 N–H and O–H groups in total. The van der Waals surface area contributed by atoms with Crippen LogP contribution in [-0.2, 0) is 16.0 Å². The number of nitrogens with zero attached hydrogens (tertiary/aromatic N) is 1. The third kappa shape index (κ3) is 2.30. The van der Waals surface area contributed by atoms with E-state index < -0.39 is 12.1 Å². The van der Waals surface area contributed by atoms with Crippen LogP contribution in [0.1, 0.15) is 30.5 Å². The van der Waals surface area contributed by atoms with Gasteiger partial charge in [-0.25, -0.2) is 9.78 Å². The summed E-state index contributed by atoms with van der Waals surface area (Å²) in [5.41, 5.74) is 3.02. The second-order valence-corrected chi connectivity index (χ2v) is 3.50. The van der Waals surface area contributed by atoms with Crippen LogP contribution in [0.3, 0.4) is 0 Å². The molecule has 14 heavy (non-hydrogen) atoms. The topological polar surface area (TPSA) is 59.4 Å². The summed E-state index contributed by atoms with van der Waals surface area (Å²) in [5, 5.41) is 9.57. The highest BCUT2D eigenvalue weighted by atomic mass is 32.1. The normalized spacial score (nSPS) is 12.5. The second kappa shape index (κ2) is 5.07. The van der Waals surface area contributed by atoms with Gasteiger partial charge in [0.25, 0.3) is 0 Å². The molecule has 77 valence electrons. The van der Waals surface area contributed by atoms with Crippen LogP contribution >= 0.6 is 11.3 Å². The van der Waals surface area contributed by atoms with E-state index in [4.69, 9.17) is 0 Å². The van der Waals surface area contributed by atoms with E-state index in [2.05, 4.69) is 15.2 Å². The standard InChI is InChI=1S/C9H12NO3S/c1-3-6-7(10-5-14-6)8(11)9(12)13-4-2/h8,11H,3-4H2,1-2H3. The number of aryl methyl sites for hydroxylation is 1. The number of esters is 1. The zero-order valence-corrected chi connectivity index (χ0v) is 8.93. The Bertz CT molecular complexity index is 311. The SMILES string of the molecule is CCOC(=O)C(O)c1n[c]sc1CC. The molecular weight excluding hydrogens is 202 g/mol. The molecule has 1 aromatic rings. The number of hydrogen-bond donors (Lipinski definition) is 1. The van der Waals surface area contributed by atoms with E-state index in [1.165, 1.54) is 11.3 Å². The molecule has 0 aliphatic rings. The van der Waals surface area contributed by atoms with Gasteiger partial charge in [0, 0.05) is 4.88 Å². The predicted octanol–water partition coefficient (Wildman–Crippen LogP) is 1.10. The van der Waals surface area contributed by atoms with Crippen molar-refractivity contribution in [3.05, 3.63) is 16.1 Å². The van der Waals surface area contributed by atoms with E-state index >= 15 is 0 Å². The van der Waals surface area contributed by atoms with Crippen LogP contribution in [0.5, 0.6) is 0 Å². The Balaban J connectivity index is 2.77. The first-order chi connectivity index (χ1) is 6.70. The molecule has 0 bridgehead atoms. The van der Waals surface area contributed by atoms with Crippen molar-refractivity contribution in [3.8, 4) is 0 Å². The van der Waals surface area contributed by atoms with Gasteiger partial charge in [0.1, 0.15) is 0 Å². The van der Waals surface area contributed by atoms with Crippen molar-refractivity contribution in [2.45, 2.75) is 26.4 Å². The molecular formula is C9H12NO3S. The number of aliphatic hydroxyl groups is 1. The molecule has 1 aromatic heterocycles. The van der Waals surface area contributed by atoms with Gasteiger partial charge in [0.15, 0.2) is 11.6 Å². The average molecular weight is 214 g/mol. The first kappa shape index (κ1) is 11.1. The monoisotopic (exact) mass is 214 g/mol. The van der Waals surface area contributed by atoms with Crippen molar-refractivity contribution in [1.29, 1.82) is 0 Å². The van der Waals surface area contributed by atoms with Crippen molar-refractivity contribution >= 4 is 17.3 Å². The minimum atomic E-state index is -1.27. The summed E-state index contributed by atoms with van der Waals surface area (Å²) in [6.45, 7) is 3.88. The molecule has 0 saturated heterocycles. The van der Waals surface area contributed by atoms with Gasteiger partial charge in [0.05, 0.1) is 12.3 Å². The van der Waals surface area contributed by atoms with E-state index in [-0.39, 0.29) is 6.61 Å². The number of ether oxygens (including phenoxy) is 1. The fraction of sp³-hybridized carbons (Fsp3) is 0.556. The molecule has 1 unspecified atom stereocenters. The average Bonchev–Trinajstić information content (AvgIpc) is 2.64. The molecule has 0 amide bonds. The Morgan fingerprint density at radius 2 is 2.43 bits per heavy atom. The van der Waals surface area contributed by atoms with E-state index in [9.17, 15) is 9.90 Å². The van der Waals surface area contributed by atoms with E-state index in [1.807, 2.05) is 6.92 Å². The maximum Gasteiger partial charge on any atom is 0.341 e. The fourth-order valence-electron chi connectivity index (χ4n) is 1.04. The minimum Gasteiger partial charge on any atom is -0.464 e. The number of carbonyl (C=O) groups is 1. The summed E-state index contributed by atoms with van der Waals surface area (Å²) >= 11 is 1.31. The summed E-state index contributed by atoms with van der Waals surface area (Å²) in [7, 11) is 0. The summed E-state index contributed by atoms with van der Waals surface area (Å²) in [6.07, 6.45) is -0.542. The predicted molar refractivity (Wildman–Crippen MR) is 51.9 cm³/mol. The molecule has 5 heteroatoms. The Hall–Kier alpha value is -0.940. The summed E-state index contributed by atoms with van der Waals surface area (Å²) in [6, 6.07) is 0. The summed E-state index contributed by atoms with van der Waals surface area (Å²) < 4.78 is 4.69. The lowest BCUT2D eigenvalue weighted by Gasteiger charge is -2.08. The van der Waals surface area contributed by atoms with E-state index in [0.29, 0.717) is 5.69 Å². The number of carbonyl (C=O) groups excluding carboxylic acids is 1. The third-order valence-corrected chi connectivity index (χ3v) is 2.64. The van der Waals surface area contributed by atoms with Crippen LogP contribution in [0.25, 0.3) is 0 Å². The Morgan fingerprint density at radius 3 is 3.00 bits per heavy atom. The number of aromatic nitrogens is 1. The van der Waals surface area contributed by atoms with Crippen LogP contribution in [0.15, 0.2) is 0 Å². The number of aliphatic hydroxyl groups excluding tert-OH is 1. The molecule has 4 nitrogen and oxygen atoms in total. The first-order valence-corrected chi connectivity index (χ1v) is 5.22. The Labute approximate surface area is 86.6 Å². The smallest absolute Gasteiger partial charge is 0.341 e. The summed E-state index contributed by atoms with van der Waals surface area (Å²) in [4.78, 5) is 15.9. The second-order valence-electron chi connectivity index (χ2n) is 2.62. The number of hydrogen-bond acceptors (Lipinski definition) is 5. The van der Waals surface area contributed by atoms with Crippen LogP contribution in [-0.4, -0.2) is 22.7 Å². The quantitative estimate of drug-likeness (QED) is 0.762. The lowest BCUT2D eigenvalue weighted by atomic mass is 10.2. The molecule has 1 heterocycles. The van der Waals surface area contributed by atoms with Crippen LogP contribution < -0.4 is 0 Å². The summed E-state index contributed by atoms with van der Waals surface area (Å²) in [5.74, 6) is -0.651. The van der Waals surface area contributed by atoms with Crippen molar-refractivity contribution in [2.24, 2.45) is 0 Å². The van der Waals surface area contributed by atoms with Gasteiger partial charge in [-0.1, -0.05) is 6.92 Å². The Morgan fingerprint density at radius 1 is 1.71 bits per heavy atom. The molecule has 1 rings (SSSR count). The molecule has 1 radical (unpaired) electrons. The number of rotatable bonds is 4. The lowest BCUT2D eigenvalue weighted by Crippen LogP contribution is -2.16. The van der Waals surface area contributed by atoms with Gasteiger partial charge in [-0.2, -0.15) is 0 Å². The highest BCUT2D eigenvalue weighted by Crippen LogP contribution is 2.21. The van der Waals surface area contributed by atoms with Crippen LogP contribution in [0.4, 0.5) is 0 Å². The maximum atomic E-state index is 11.2. The minimum absolute atomic E-state index is 0.255. The molecule has 0 fully saturated rings. The zero-order chi connectivity index (χ0) is 10.6. The molecule has 0 aromatic carbocycles. The van der Waals surface area contributed by atoms with Gasteiger partial charge in [-0.15, -0.1) is 11.3 Å². The van der Waals surface area contributed by atoms with Gasteiger partial charge in [-0.3, -0.25) is 0 Å². The molecule has 1 atom stereocenters. The molecule has 0 aliphatic carbocycles. The first-order valence-electron chi connectivity index (χ1n) is 4.41. The maximum absolute atomic E-state index is 11.2. The molecule has 0 saturated carbocycles. The zero-order valence-electron chi connectivity index (χ0n) is 8.11. The van der Waals surface area contributed by atoms with Crippen LogP contribution in [0.2, 0.25) is 0 Å². The third-order valence-electron chi connectivity index (χ3n) is 1.71. The number of thiazole rings is 1. The van der Waals surface area contributed by atoms with Crippen molar-refractivity contribution in [1.82, 2.24) is 4.98 Å². The van der Waals surface area contributed by atoms with Crippen molar-refractivity contribution in [2.75, 3.05) is 6.61 Å². The van der Waals surface area contributed by atoms with Gasteiger partial charge >= 0.3 is 5.97 Å². The Kier molecular flexibility index (Phi) is 4.03. The van der Waals surface area contributed by atoms with Gasteiger partial charge in [0.2, 0.25) is 0 Å². The largest absolute Gasteiger partial charge is 0.464 e. The molecule has 0 aliphatic heterocycles. The molecule has 0 spiro atoms. The lowest BCUT2D eigenvalue weighted by molar-refractivity contribution is -0.153. The van der Waals surface area contributed by atoms with Crippen LogP contribution in [0, 0.1) is 5.51 Å². The van der Waals surface area contributed by atoms with Crippen molar-refractivity contribution in [3.63, 3.8) is 0 Å². The van der Waals surface area contributed by atoms with E-state index in [1.54, 1.807) is 6.92 Å². The van der Waals surface area contributed by atoms with Gasteiger partial charge in [-0.05, 0) is 13.3 Å². The fourth-order valence-corrected chi connectivity index (χ4v) is 1.70. The van der Waals surface area contributed by atoms with Gasteiger partial charge < -0.3 is 9.84 Å².